The summed E-state index contributed by atoms with van der Waals surface area (Å²) >= 11 is 1.13. The van der Waals surface area contributed by atoms with E-state index in [9.17, 15) is 13.5 Å². The first-order chi connectivity index (χ1) is 15.5. The second-order valence-corrected chi connectivity index (χ2v) is 9.78. The number of likely N-dealkylation sites (N-methyl/N-ethyl adjacent to an activating group) is 1. The number of aliphatic hydroxyl groups excluding tert-OH is 1. The summed E-state index contributed by atoms with van der Waals surface area (Å²) in [6.07, 6.45) is 0. The van der Waals surface area contributed by atoms with Crippen LogP contribution in [0.25, 0.3) is 11.0 Å². The van der Waals surface area contributed by atoms with E-state index < -0.39 is 10.0 Å². The number of fused-ring (bicyclic) bond motifs is 1. The van der Waals surface area contributed by atoms with Crippen molar-refractivity contribution in [2.45, 2.75) is 11.1 Å². The average molecular weight is 470 g/mol. The first-order valence-electron chi connectivity index (χ1n) is 10.1. The third-order valence-electron chi connectivity index (χ3n) is 4.81. The molecule has 0 aliphatic heterocycles. The van der Waals surface area contributed by atoms with Gasteiger partial charge in [-0.25, -0.2) is 18.4 Å². The van der Waals surface area contributed by atoms with Crippen molar-refractivity contribution in [3.63, 3.8) is 0 Å². The molecule has 2 heterocycles. The van der Waals surface area contributed by atoms with Crippen LogP contribution in [0.3, 0.4) is 0 Å². The third-order valence-corrected chi connectivity index (χ3v) is 7.54. The van der Waals surface area contributed by atoms with Crippen molar-refractivity contribution in [2.24, 2.45) is 0 Å². The zero-order valence-electron chi connectivity index (χ0n) is 17.4. The minimum Gasteiger partial charge on any atom is -0.395 e. The summed E-state index contributed by atoms with van der Waals surface area (Å²) in [5, 5.41) is 14.1. The Hall–Kier alpha value is -3.21. The van der Waals surface area contributed by atoms with Gasteiger partial charge in [0, 0.05) is 24.5 Å². The Balaban J connectivity index is 1.67. The Morgan fingerprint density at radius 2 is 1.66 bits per heavy atom. The molecule has 4 aromatic rings. The molecule has 2 aromatic carbocycles. The number of aliphatic hydroxyl groups is 1. The third kappa shape index (κ3) is 4.82. The monoisotopic (exact) mass is 469 g/mol. The fraction of sp³-hybridized carbons (Fsp3) is 0.182. The highest BCUT2D eigenvalue weighted by Gasteiger charge is 2.20. The molecule has 0 spiro atoms. The van der Waals surface area contributed by atoms with Crippen LogP contribution in [0.1, 0.15) is 6.92 Å². The van der Waals surface area contributed by atoms with Crippen LogP contribution in [-0.4, -0.2) is 43.2 Å². The maximum absolute atomic E-state index is 12.8. The average Bonchev–Trinajstić information content (AvgIpc) is 3.34. The molecule has 0 amide bonds. The Morgan fingerprint density at radius 3 is 2.25 bits per heavy atom. The molecule has 3 N–H and O–H groups in total. The number of anilines is 4. The van der Waals surface area contributed by atoms with E-state index in [2.05, 4.69) is 24.9 Å². The number of hydrogen-bond donors (Lipinski definition) is 3. The summed E-state index contributed by atoms with van der Waals surface area (Å²) in [5.41, 5.74) is 2.94. The van der Waals surface area contributed by atoms with Gasteiger partial charge in [0.05, 0.1) is 17.6 Å². The van der Waals surface area contributed by atoms with E-state index in [1.807, 2.05) is 49.4 Å². The molecule has 0 saturated carbocycles. The van der Waals surface area contributed by atoms with E-state index in [0.29, 0.717) is 23.4 Å². The van der Waals surface area contributed by atoms with Crippen LogP contribution in [0, 0.1) is 0 Å². The number of benzene rings is 2. The van der Waals surface area contributed by atoms with Gasteiger partial charge in [-0.05, 0) is 54.8 Å². The zero-order chi connectivity index (χ0) is 22.6. The number of aromatic nitrogens is 2. The van der Waals surface area contributed by atoms with Crippen LogP contribution in [0.5, 0.6) is 0 Å². The van der Waals surface area contributed by atoms with Gasteiger partial charge in [0.2, 0.25) is 0 Å². The molecule has 2 aromatic heterocycles. The summed E-state index contributed by atoms with van der Waals surface area (Å²) in [6.45, 7) is 3.43. The normalized spacial score (nSPS) is 11.4. The lowest BCUT2D eigenvalue weighted by Crippen LogP contribution is -2.25. The van der Waals surface area contributed by atoms with Gasteiger partial charge in [0.1, 0.15) is 4.21 Å². The fourth-order valence-electron chi connectivity index (χ4n) is 3.24. The van der Waals surface area contributed by atoms with Gasteiger partial charge in [-0.15, -0.1) is 11.3 Å². The number of para-hydroxylation sites is 2. The highest BCUT2D eigenvalue weighted by molar-refractivity contribution is 7.94. The predicted molar refractivity (Wildman–Crippen MR) is 129 cm³/mol. The summed E-state index contributed by atoms with van der Waals surface area (Å²) in [4.78, 5) is 11.2. The van der Waals surface area contributed by atoms with Gasteiger partial charge < -0.3 is 15.3 Å². The van der Waals surface area contributed by atoms with Crippen molar-refractivity contribution in [3.8, 4) is 0 Å². The lowest BCUT2D eigenvalue weighted by molar-refractivity contribution is 0.302. The number of hydrogen-bond acceptors (Lipinski definition) is 8. The van der Waals surface area contributed by atoms with Crippen LogP contribution in [0.2, 0.25) is 0 Å². The lowest BCUT2D eigenvalue weighted by Gasteiger charge is -2.22. The topological polar surface area (TPSA) is 107 Å². The SMILES string of the molecule is CCN(CCO)c1ccc(Nc2nc3ccccc3nc2NS(=O)(=O)c2cccs2)cc1. The van der Waals surface area contributed by atoms with Crippen LogP contribution >= 0.6 is 11.3 Å². The Morgan fingerprint density at radius 1 is 0.969 bits per heavy atom. The van der Waals surface area contributed by atoms with Crippen LogP contribution in [0.4, 0.5) is 23.0 Å². The first-order valence-corrected chi connectivity index (χ1v) is 12.4. The first kappa shape index (κ1) is 22.0. The number of thiophene rings is 1. The molecule has 166 valence electrons. The minimum absolute atomic E-state index is 0.0776. The molecule has 0 atom stereocenters. The summed E-state index contributed by atoms with van der Waals surface area (Å²) < 4.78 is 28.4. The molecule has 0 fully saturated rings. The Kier molecular flexibility index (Phi) is 6.54. The van der Waals surface area contributed by atoms with Gasteiger partial charge in [-0.3, -0.25) is 4.72 Å². The summed E-state index contributed by atoms with van der Waals surface area (Å²) in [6, 6.07) is 18.1. The van der Waals surface area contributed by atoms with Gasteiger partial charge >= 0.3 is 0 Å². The number of sulfonamides is 1. The summed E-state index contributed by atoms with van der Waals surface area (Å²) in [7, 11) is -3.79. The quantitative estimate of drug-likeness (QED) is 0.339. The van der Waals surface area contributed by atoms with Gasteiger partial charge in [0.25, 0.3) is 10.0 Å². The number of nitrogens with one attached hydrogen (secondary N) is 2. The molecule has 4 rings (SSSR count). The molecular formula is C22H23N5O3S2. The molecule has 10 heteroatoms. The number of nitrogens with zero attached hydrogens (tertiary/aromatic N) is 3. The molecule has 0 saturated heterocycles. The highest BCUT2D eigenvalue weighted by Crippen LogP contribution is 2.29. The predicted octanol–water partition coefficient (Wildman–Crippen LogP) is 4.05. The maximum atomic E-state index is 12.8. The molecule has 32 heavy (non-hydrogen) atoms. The molecule has 0 unspecified atom stereocenters. The highest BCUT2D eigenvalue weighted by atomic mass is 32.2. The van der Waals surface area contributed by atoms with E-state index in [1.54, 1.807) is 23.6 Å². The van der Waals surface area contributed by atoms with Gasteiger partial charge in [0.15, 0.2) is 11.6 Å². The molecule has 0 bridgehead atoms. The standard InChI is InChI=1S/C22H23N5O3S2/c1-2-27(13-14-28)17-11-9-16(10-12-17)23-21-22(25-19-7-4-3-6-18(19)24-21)26-32(29,30)20-8-5-15-31-20/h3-12,15,28H,2,13-14H2,1H3,(H,23,24)(H,25,26). The Bertz CT molecular complexity index is 1290. The van der Waals surface area contributed by atoms with Crippen molar-refractivity contribution in [1.82, 2.24) is 9.97 Å². The van der Waals surface area contributed by atoms with Crippen LogP contribution in [0.15, 0.2) is 70.3 Å². The maximum Gasteiger partial charge on any atom is 0.272 e. The molecule has 0 aliphatic rings. The second-order valence-electron chi connectivity index (χ2n) is 6.92. The second kappa shape index (κ2) is 9.51. The summed E-state index contributed by atoms with van der Waals surface area (Å²) in [5.74, 6) is 0.427. The molecule has 8 nitrogen and oxygen atoms in total. The molecular weight excluding hydrogens is 446 g/mol. The van der Waals surface area contributed by atoms with Crippen LogP contribution < -0.4 is 14.9 Å². The van der Waals surface area contributed by atoms with Gasteiger partial charge in [-0.2, -0.15) is 0 Å². The smallest absolute Gasteiger partial charge is 0.272 e. The van der Waals surface area contributed by atoms with E-state index in [-0.39, 0.29) is 16.6 Å². The fourth-order valence-corrected chi connectivity index (χ4v) is 5.24. The molecule has 0 aliphatic carbocycles. The van der Waals surface area contributed by atoms with Crippen molar-refractivity contribution in [1.29, 1.82) is 0 Å². The lowest BCUT2D eigenvalue weighted by atomic mass is 10.2. The minimum atomic E-state index is -3.79. The van der Waals surface area contributed by atoms with E-state index >= 15 is 0 Å². The Labute approximate surface area is 190 Å². The van der Waals surface area contributed by atoms with E-state index in [4.69, 9.17) is 0 Å². The largest absolute Gasteiger partial charge is 0.395 e. The zero-order valence-corrected chi connectivity index (χ0v) is 19.0. The van der Waals surface area contributed by atoms with Crippen molar-refractivity contribution >= 4 is 55.4 Å². The van der Waals surface area contributed by atoms with E-state index in [0.717, 1.165) is 29.3 Å². The van der Waals surface area contributed by atoms with Crippen LogP contribution in [-0.2, 0) is 10.0 Å². The van der Waals surface area contributed by atoms with Crippen molar-refractivity contribution in [2.75, 3.05) is 34.6 Å². The van der Waals surface area contributed by atoms with Crippen molar-refractivity contribution < 1.29 is 13.5 Å². The molecule has 0 radical (unpaired) electrons. The van der Waals surface area contributed by atoms with E-state index in [1.165, 1.54) is 0 Å². The number of rotatable bonds is 9. The van der Waals surface area contributed by atoms with Crippen molar-refractivity contribution in [3.05, 3.63) is 66.0 Å². The van der Waals surface area contributed by atoms with Gasteiger partial charge in [-0.1, -0.05) is 18.2 Å².